The summed E-state index contributed by atoms with van der Waals surface area (Å²) in [5, 5.41) is 0. The first-order valence-electron chi connectivity index (χ1n) is 9.65. The Kier molecular flexibility index (Phi) is 4.81. The smallest absolute Gasteiger partial charge is 0.256 e. The maximum atomic E-state index is 14.5. The van der Waals surface area contributed by atoms with E-state index >= 15 is 0 Å². The third-order valence-electron chi connectivity index (χ3n) is 5.86. The highest BCUT2D eigenvalue weighted by atomic mass is 19.1. The molecule has 0 saturated carbocycles. The van der Waals surface area contributed by atoms with Crippen LogP contribution in [0.4, 0.5) is 10.2 Å². The predicted molar refractivity (Wildman–Crippen MR) is 103 cm³/mol. The van der Waals surface area contributed by atoms with Crippen molar-refractivity contribution in [2.45, 2.75) is 45.1 Å². The Morgan fingerprint density at radius 1 is 1.15 bits per heavy atom. The van der Waals surface area contributed by atoms with E-state index in [0.717, 1.165) is 67.8 Å². The maximum Gasteiger partial charge on any atom is 0.256 e. The van der Waals surface area contributed by atoms with E-state index in [4.69, 9.17) is 0 Å². The number of anilines is 1. The van der Waals surface area contributed by atoms with Gasteiger partial charge in [0, 0.05) is 37.9 Å². The van der Waals surface area contributed by atoms with Crippen LogP contribution in [0.1, 0.15) is 46.4 Å². The molecule has 0 atom stereocenters. The van der Waals surface area contributed by atoms with Gasteiger partial charge in [-0.3, -0.25) is 4.79 Å². The Labute approximate surface area is 159 Å². The molecule has 2 aromatic rings. The summed E-state index contributed by atoms with van der Waals surface area (Å²) in [4.78, 5) is 25.3. The molecule has 2 heterocycles. The molecule has 0 unspecified atom stereocenters. The Hall–Kier alpha value is -2.50. The molecule has 1 saturated heterocycles. The van der Waals surface area contributed by atoms with E-state index in [1.165, 1.54) is 0 Å². The van der Waals surface area contributed by atoms with Crippen LogP contribution >= 0.6 is 0 Å². The number of halogens is 1. The van der Waals surface area contributed by atoms with E-state index in [9.17, 15) is 9.18 Å². The molecule has 1 aromatic heterocycles. The van der Waals surface area contributed by atoms with Gasteiger partial charge in [-0.05, 0) is 62.3 Å². The van der Waals surface area contributed by atoms with Gasteiger partial charge in [0.2, 0.25) is 0 Å². The Bertz CT molecular complexity index is 861. The second-order valence-electron chi connectivity index (χ2n) is 7.61. The first-order chi connectivity index (χ1) is 13.0. The summed E-state index contributed by atoms with van der Waals surface area (Å²) in [6.07, 6.45) is 6.18. The maximum absolute atomic E-state index is 14.5. The standard InChI is InChI=1S/C21H25FN4O/c1-14-10-20(24-13-23-14)26-8-6-17(7-9-26)25(2)21(27)18-11-15-4-3-5-16(15)12-19(18)22/h10-13,17H,3-9H2,1-2H3. The van der Waals surface area contributed by atoms with Crippen LogP contribution in [0.3, 0.4) is 0 Å². The number of aromatic nitrogens is 2. The fourth-order valence-corrected chi connectivity index (χ4v) is 4.21. The number of amides is 1. The second-order valence-corrected chi connectivity index (χ2v) is 7.61. The number of hydrogen-bond donors (Lipinski definition) is 0. The van der Waals surface area contributed by atoms with Gasteiger partial charge in [0.15, 0.2) is 0 Å². The molecule has 142 valence electrons. The molecular weight excluding hydrogens is 343 g/mol. The van der Waals surface area contributed by atoms with Crippen molar-refractivity contribution in [3.05, 3.63) is 52.7 Å². The van der Waals surface area contributed by atoms with Crippen LogP contribution in [0, 0.1) is 12.7 Å². The Morgan fingerprint density at radius 3 is 2.56 bits per heavy atom. The van der Waals surface area contributed by atoms with E-state index in [-0.39, 0.29) is 23.3 Å². The molecule has 0 bridgehead atoms. The average Bonchev–Trinajstić information content (AvgIpc) is 3.13. The van der Waals surface area contributed by atoms with Crippen molar-refractivity contribution in [2.75, 3.05) is 25.0 Å². The molecule has 5 nitrogen and oxygen atoms in total. The van der Waals surface area contributed by atoms with Crippen molar-refractivity contribution >= 4 is 11.7 Å². The molecule has 1 amide bonds. The van der Waals surface area contributed by atoms with E-state index in [1.807, 2.05) is 13.0 Å². The van der Waals surface area contributed by atoms with Gasteiger partial charge in [0.05, 0.1) is 5.56 Å². The zero-order valence-electron chi connectivity index (χ0n) is 15.9. The van der Waals surface area contributed by atoms with Gasteiger partial charge >= 0.3 is 0 Å². The van der Waals surface area contributed by atoms with Gasteiger partial charge in [0.1, 0.15) is 18.0 Å². The topological polar surface area (TPSA) is 49.3 Å². The highest BCUT2D eigenvalue weighted by molar-refractivity contribution is 5.95. The van der Waals surface area contributed by atoms with Crippen LogP contribution in [0.5, 0.6) is 0 Å². The number of rotatable bonds is 3. The van der Waals surface area contributed by atoms with Gasteiger partial charge in [-0.2, -0.15) is 0 Å². The summed E-state index contributed by atoms with van der Waals surface area (Å²) in [6.45, 7) is 3.60. The molecular formula is C21H25FN4O. The molecule has 1 aliphatic carbocycles. The lowest BCUT2D eigenvalue weighted by molar-refractivity contribution is 0.0704. The number of piperidine rings is 1. The molecule has 1 aromatic carbocycles. The van der Waals surface area contributed by atoms with Crippen molar-refractivity contribution in [3.8, 4) is 0 Å². The lowest BCUT2D eigenvalue weighted by Crippen LogP contribution is -2.46. The molecule has 1 fully saturated rings. The van der Waals surface area contributed by atoms with Gasteiger partial charge in [0.25, 0.3) is 5.91 Å². The van der Waals surface area contributed by atoms with E-state index in [1.54, 1.807) is 30.4 Å². The lowest BCUT2D eigenvalue weighted by Gasteiger charge is -2.37. The molecule has 1 aliphatic heterocycles. The molecule has 2 aliphatic rings. The number of carbonyl (C=O) groups excluding carboxylic acids is 1. The van der Waals surface area contributed by atoms with Gasteiger partial charge in [-0.15, -0.1) is 0 Å². The van der Waals surface area contributed by atoms with Crippen molar-refractivity contribution in [3.63, 3.8) is 0 Å². The molecule has 0 N–H and O–H groups in total. The Balaban J connectivity index is 1.43. The fourth-order valence-electron chi connectivity index (χ4n) is 4.21. The van der Waals surface area contributed by atoms with Crippen molar-refractivity contribution in [1.29, 1.82) is 0 Å². The SMILES string of the molecule is Cc1cc(N2CCC(N(C)C(=O)c3cc4c(cc3F)CCC4)CC2)ncn1. The van der Waals surface area contributed by atoms with E-state index in [2.05, 4.69) is 14.9 Å². The number of nitrogens with zero attached hydrogens (tertiary/aromatic N) is 4. The minimum Gasteiger partial charge on any atom is -0.356 e. The minimum atomic E-state index is -0.388. The summed E-state index contributed by atoms with van der Waals surface area (Å²) in [7, 11) is 1.80. The summed E-state index contributed by atoms with van der Waals surface area (Å²) in [6, 6.07) is 5.43. The third-order valence-corrected chi connectivity index (χ3v) is 5.86. The number of benzene rings is 1. The lowest BCUT2D eigenvalue weighted by atomic mass is 10.0. The van der Waals surface area contributed by atoms with Crippen LogP contribution in [0.2, 0.25) is 0 Å². The first-order valence-corrected chi connectivity index (χ1v) is 9.65. The molecule has 6 heteroatoms. The van der Waals surface area contributed by atoms with Crippen LogP contribution in [-0.4, -0.2) is 47.0 Å². The summed E-state index contributed by atoms with van der Waals surface area (Å²) in [5.74, 6) is 0.333. The van der Waals surface area contributed by atoms with Crippen LogP contribution in [0.15, 0.2) is 24.5 Å². The highest BCUT2D eigenvalue weighted by Gasteiger charge is 2.28. The molecule has 27 heavy (non-hydrogen) atoms. The molecule has 4 rings (SSSR count). The number of fused-ring (bicyclic) bond motifs is 1. The normalized spacial score (nSPS) is 17.1. The van der Waals surface area contributed by atoms with Crippen LogP contribution < -0.4 is 4.90 Å². The van der Waals surface area contributed by atoms with E-state index in [0.29, 0.717) is 0 Å². The van der Waals surface area contributed by atoms with Gasteiger partial charge in [-0.1, -0.05) is 0 Å². The summed E-state index contributed by atoms with van der Waals surface area (Å²) < 4.78 is 14.5. The van der Waals surface area contributed by atoms with Crippen molar-refractivity contribution in [2.24, 2.45) is 0 Å². The van der Waals surface area contributed by atoms with Crippen molar-refractivity contribution in [1.82, 2.24) is 14.9 Å². The number of hydrogen-bond acceptors (Lipinski definition) is 4. The largest absolute Gasteiger partial charge is 0.356 e. The first kappa shape index (κ1) is 17.9. The van der Waals surface area contributed by atoms with Crippen LogP contribution in [-0.2, 0) is 12.8 Å². The predicted octanol–water partition coefficient (Wildman–Crippen LogP) is 3.15. The van der Waals surface area contributed by atoms with Crippen LogP contribution in [0.25, 0.3) is 0 Å². The summed E-state index contributed by atoms with van der Waals surface area (Å²) >= 11 is 0. The molecule has 0 radical (unpaired) electrons. The highest BCUT2D eigenvalue weighted by Crippen LogP contribution is 2.27. The second kappa shape index (κ2) is 7.25. The number of aryl methyl sites for hydroxylation is 3. The third kappa shape index (κ3) is 3.53. The average molecular weight is 368 g/mol. The zero-order chi connectivity index (χ0) is 19.0. The minimum absolute atomic E-state index is 0.115. The molecule has 0 spiro atoms. The fraction of sp³-hybridized carbons (Fsp3) is 0.476. The van der Waals surface area contributed by atoms with E-state index < -0.39 is 0 Å². The summed E-state index contributed by atoms with van der Waals surface area (Å²) in [5.41, 5.74) is 3.34. The zero-order valence-corrected chi connectivity index (χ0v) is 15.9. The number of carbonyl (C=O) groups is 1. The monoisotopic (exact) mass is 368 g/mol. The Morgan fingerprint density at radius 2 is 1.85 bits per heavy atom. The quantitative estimate of drug-likeness (QED) is 0.835. The van der Waals surface area contributed by atoms with Crippen molar-refractivity contribution < 1.29 is 9.18 Å². The van der Waals surface area contributed by atoms with Gasteiger partial charge in [-0.25, -0.2) is 14.4 Å². The van der Waals surface area contributed by atoms with Gasteiger partial charge < -0.3 is 9.80 Å².